The Hall–Kier alpha value is -2.25. The summed E-state index contributed by atoms with van der Waals surface area (Å²) in [6.07, 6.45) is 0.826. The highest BCUT2D eigenvalue weighted by atomic mass is 35.5. The van der Waals surface area contributed by atoms with Crippen LogP contribution in [0.15, 0.2) is 35.0 Å². The zero-order valence-corrected chi connectivity index (χ0v) is 13.7. The van der Waals surface area contributed by atoms with Crippen LogP contribution in [0.3, 0.4) is 0 Å². The first-order valence-corrected chi connectivity index (χ1v) is 7.76. The minimum Gasteiger partial charge on any atom is -0.393 e. The molecule has 0 radical (unpaired) electrons. The first-order valence-electron chi connectivity index (χ1n) is 7.38. The first-order chi connectivity index (χ1) is 11.4. The molecule has 128 valence electrons. The molecule has 1 heterocycles. The van der Waals surface area contributed by atoms with Crippen LogP contribution >= 0.6 is 11.6 Å². The monoisotopic (exact) mass is 352 g/mol. The summed E-state index contributed by atoms with van der Waals surface area (Å²) in [6.45, 7) is 2.08. The molecule has 1 saturated heterocycles. The number of piperazine rings is 1. The molecule has 1 fully saturated rings. The maximum atomic E-state index is 12.9. The molecular weight excluding hydrogens is 335 g/mol. The highest BCUT2D eigenvalue weighted by Crippen LogP contribution is 2.10. The van der Waals surface area contributed by atoms with Gasteiger partial charge in [-0.25, -0.2) is 4.39 Å². The average molecular weight is 353 g/mol. The summed E-state index contributed by atoms with van der Waals surface area (Å²) in [6, 6.07) is 5.43. The summed E-state index contributed by atoms with van der Waals surface area (Å²) < 4.78 is 12.9. The third kappa shape index (κ3) is 4.39. The normalized spacial score (nSPS) is 16.5. The van der Waals surface area contributed by atoms with Crippen LogP contribution < -0.4 is 5.73 Å². The molecule has 0 aliphatic carbocycles. The molecule has 0 unspecified atom stereocenters. The van der Waals surface area contributed by atoms with Crippen molar-refractivity contribution in [2.45, 2.75) is 0 Å². The lowest BCUT2D eigenvalue weighted by Crippen LogP contribution is -2.50. The molecule has 1 aliphatic heterocycles. The number of ketones is 1. The van der Waals surface area contributed by atoms with Crippen LogP contribution in [-0.4, -0.2) is 60.4 Å². The van der Waals surface area contributed by atoms with Crippen LogP contribution in [0.5, 0.6) is 0 Å². The van der Waals surface area contributed by atoms with Crippen LogP contribution in [-0.2, 0) is 4.79 Å². The average Bonchev–Trinajstić information content (AvgIpc) is 2.61. The molecule has 8 heteroatoms. The number of nitrogens with one attached hydrogen (secondary N) is 1. The minimum atomic E-state index is -0.409. The molecule has 0 bridgehead atoms. The number of benzene rings is 1. The van der Waals surface area contributed by atoms with Crippen molar-refractivity contribution in [3.63, 3.8) is 0 Å². The summed E-state index contributed by atoms with van der Waals surface area (Å²) >= 11 is 5.69. The second-order valence-electron chi connectivity index (χ2n) is 5.40. The van der Waals surface area contributed by atoms with Gasteiger partial charge in [-0.05, 0) is 24.3 Å². The van der Waals surface area contributed by atoms with Gasteiger partial charge in [-0.15, -0.1) is 0 Å². The number of halogens is 2. The molecule has 0 aromatic heterocycles. The van der Waals surface area contributed by atoms with Crippen molar-refractivity contribution in [2.24, 2.45) is 5.73 Å². The second-order valence-corrected chi connectivity index (χ2v) is 5.81. The van der Waals surface area contributed by atoms with Crippen molar-refractivity contribution in [3.8, 4) is 0 Å². The molecule has 2 rings (SSSR count). The Morgan fingerprint density at radius 3 is 2.33 bits per heavy atom. The number of hydrogen-bond acceptors (Lipinski definition) is 5. The number of amides is 1. The van der Waals surface area contributed by atoms with Crippen molar-refractivity contribution in [1.29, 1.82) is 5.41 Å². The van der Waals surface area contributed by atoms with E-state index >= 15 is 0 Å². The van der Waals surface area contributed by atoms with Gasteiger partial charge in [-0.3, -0.25) is 14.5 Å². The van der Waals surface area contributed by atoms with Gasteiger partial charge in [-0.2, -0.15) is 0 Å². The lowest BCUT2D eigenvalue weighted by atomic mass is 10.1. The topological polar surface area (TPSA) is 90.5 Å². The molecule has 24 heavy (non-hydrogen) atoms. The minimum absolute atomic E-state index is 0.0890. The van der Waals surface area contributed by atoms with E-state index in [4.69, 9.17) is 22.7 Å². The Bertz CT molecular complexity index is 667. The van der Waals surface area contributed by atoms with Gasteiger partial charge in [0.25, 0.3) is 5.91 Å². The van der Waals surface area contributed by atoms with Gasteiger partial charge in [0.2, 0.25) is 0 Å². The van der Waals surface area contributed by atoms with Crippen LogP contribution in [0.4, 0.5) is 4.39 Å². The van der Waals surface area contributed by atoms with Gasteiger partial charge in [0, 0.05) is 38.0 Å². The maximum Gasteiger partial charge on any atom is 0.271 e. The smallest absolute Gasteiger partial charge is 0.271 e. The lowest BCUT2D eigenvalue weighted by molar-refractivity contribution is -0.128. The molecule has 1 aromatic carbocycles. The lowest BCUT2D eigenvalue weighted by Gasteiger charge is -2.34. The number of rotatable bonds is 5. The molecule has 0 spiro atoms. The van der Waals surface area contributed by atoms with Crippen LogP contribution in [0.1, 0.15) is 10.4 Å². The number of nitrogens with zero attached hydrogens (tertiary/aromatic N) is 2. The van der Waals surface area contributed by atoms with Crippen LogP contribution in [0.2, 0.25) is 0 Å². The fourth-order valence-corrected chi connectivity index (χ4v) is 2.47. The Morgan fingerprint density at radius 2 is 1.79 bits per heavy atom. The second kappa shape index (κ2) is 8.03. The zero-order chi connectivity index (χ0) is 17.7. The third-order valence-corrected chi connectivity index (χ3v) is 4.12. The number of carbonyl (C=O) groups excluding carboxylic acids is 2. The van der Waals surface area contributed by atoms with E-state index < -0.39 is 5.91 Å². The van der Waals surface area contributed by atoms with Crippen LogP contribution in [0.25, 0.3) is 0 Å². The van der Waals surface area contributed by atoms with E-state index in [2.05, 4.69) is 0 Å². The third-order valence-electron chi connectivity index (χ3n) is 3.81. The molecule has 0 atom stereocenters. The van der Waals surface area contributed by atoms with Gasteiger partial charge < -0.3 is 16.0 Å². The fraction of sp³-hybridized carbons (Fsp3) is 0.312. The number of allylic oxidation sites excluding steroid dienone is 1. The summed E-state index contributed by atoms with van der Waals surface area (Å²) in [5.74, 6) is -0.887. The van der Waals surface area contributed by atoms with E-state index in [1.54, 1.807) is 4.90 Å². The predicted octanol–water partition coefficient (Wildman–Crippen LogP) is 1.21. The van der Waals surface area contributed by atoms with Crippen molar-refractivity contribution in [2.75, 3.05) is 32.7 Å². The SMILES string of the molecule is N=CC(Cl)=C(N)C(=O)N1CCN(CC(=O)c2ccc(F)cc2)CC1. The Labute approximate surface area is 144 Å². The van der Waals surface area contributed by atoms with Crippen molar-refractivity contribution < 1.29 is 14.0 Å². The highest BCUT2D eigenvalue weighted by Gasteiger charge is 2.24. The van der Waals surface area contributed by atoms with E-state index in [9.17, 15) is 14.0 Å². The highest BCUT2D eigenvalue weighted by molar-refractivity contribution is 6.40. The number of carbonyl (C=O) groups is 2. The Balaban J connectivity index is 1.89. The van der Waals surface area contributed by atoms with E-state index in [1.165, 1.54) is 24.3 Å². The van der Waals surface area contributed by atoms with E-state index in [-0.39, 0.29) is 28.9 Å². The standard InChI is InChI=1S/C16H18ClFN4O2/c17-13(9-19)15(20)16(24)22-7-5-21(6-8-22)10-14(23)11-1-3-12(18)4-2-11/h1-4,9,19H,5-8,10,20H2. The molecule has 1 amide bonds. The van der Waals surface area contributed by atoms with Gasteiger partial charge in [0.15, 0.2) is 5.78 Å². The summed E-state index contributed by atoms with van der Waals surface area (Å²) in [7, 11) is 0. The summed E-state index contributed by atoms with van der Waals surface area (Å²) in [5.41, 5.74) is 5.92. The zero-order valence-electron chi connectivity index (χ0n) is 13.0. The maximum absolute atomic E-state index is 12.9. The van der Waals surface area contributed by atoms with Crippen molar-refractivity contribution in [3.05, 3.63) is 46.4 Å². The number of Topliss-reactive ketones (excluding diaryl/α,β-unsaturated/α-hetero) is 1. The molecule has 6 nitrogen and oxygen atoms in total. The molecular formula is C16H18ClFN4O2. The molecule has 3 N–H and O–H groups in total. The fourth-order valence-electron chi connectivity index (χ4n) is 2.39. The largest absolute Gasteiger partial charge is 0.393 e. The van der Waals surface area contributed by atoms with Crippen molar-refractivity contribution >= 4 is 29.5 Å². The van der Waals surface area contributed by atoms with Gasteiger partial charge in [-0.1, -0.05) is 11.6 Å². The van der Waals surface area contributed by atoms with Gasteiger partial charge in [0.05, 0.1) is 11.6 Å². The number of nitrogens with two attached hydrogens (primary N) is 1. The summed E-state index contributed by atoms with van der Waals surface area (Å²) in [5, 5.41) is 6.93. The van der Waals surface area contributed by atoms with E-state index in [0.717, 1.165) is 6.21 Å². The quantitative estimate of drug-likeness (QED) is 0.473. The summed E-state index contributed by atoms with van der Waals surface area (Å²) in [4.78, 5) is 27.7. The first kappa shape index (κ1) is 18.1. The predicted molar refractivity (Wildman–Crippen MR) is 89.6 cm³/mol. The van der Waals surface area contributed by atoms with Gasteiger partial charge in [0.1, 0.15) is 11.5 Å². The van der Waals surface area contributed by atoms with E-state index in [0.29, 0.717) is 31.7 Å². The Morgan fingerprint density at radius 1 is 1.21 bits per heavy atom. The van der Waals surface area contributed by atoms with E-state index in [1.807, 2.05) is 4.90 Å². The Kier molecular flexibility index (Phi) is 6.05. The van der Waals surface area contributed by atoms with Crippen LogP contribution in [0, 0.1) is 11.2 Å². The number of hydrogen-bond donors (Lipinski definition) is 2. The molecule has 1 aliphatic rings. The van der Waals surface area contributed by atoms with Crippen molar-refractivity contribution in [1.82, 2.24) is 9.80 Å². The van der Waals surface area contributed by atoms with Gasteiger partial charge >= 0.3 is 0 Å². The molecule has 0 saturated carbocycles. The molecule has 1 aromatic rings.